The number of ether oxygens (including phenoxy) is 1. The molecule has 29 heavy (non-hydrogen) atoms. The van der Waals surface area contributed by atoms with Crippen molar-refractivity contribution in [1.29, 1.82) is 5.26 Å². The van der Waals surface area contributed by atoms with Crippen LogP contribution in [0.15, 0.2) is 72.4 Å². The lowest BCUT2D eigenvalue weighted by atomic mass is 10.2. The molecule has 0 unspecified atom stereocenters. The molecule has 0 aliphatic heterocycles. The van der Waals surface area contributed by atoms with Crippen LogP contribution in [0.3, 0.4) is 0 Å². The third-order valence-electron chi connectivity index (χ3n) is 4.16. The molecule has 144 valence electrons. The van der Waals surface area contributed by atoms with Gasteiger partial charge in [-0.3, -0.25) is 4.79 Å². The minimum Gasteiger partial charge on any atom is -0.497 e. The van der Waals surface area contributed by atoms with Crippen molar-refractivity contribution in [3.05, 3.63) is 83.7 Å². The number of rotatable bonds is 6. The highest BCUT2D eigenvalue weighted by Gasteiger charge is 2.12. The normalized spacial score (nSPS) is 10.8. The van der Waals surface area contributed by atoms with Crippen LogP contribution >= 0.6 is 0 Å². The lowest BCUT2D eigenvalue weighted by Crippen LogP contribution is -2.13. The van der Waals surface area contributed by atoms with Gasteiger partial charge in [-0.15, -0.1) is 0 Å². The average molecular weight is 387 g/mol. The van der Waals surface area contributed by atoms with Crippen molar-refractivity contribution >= 4 is 23.6 Å². The van der Waals surface area contributed by atoms with E-state index in [0.29, 0.717) is 22.8 Å². The van der Waals surface area contributed by atoms with Gasteiger partial charge < -0.3 is 19.7 Å². The van der Waals surface area contributed by atoms with E-state index in [4.69, 9.17) is 4.74 Å². The molecular formula is C22H17N3O4. The first-order chi connectivity index (χ1) is 14.0. The van der Waals surface area contributed by atoms with Crippen LogP contribution in [0.2, 0.25) is 0 Å². The second-order valence-electron chi connectivity index (χ2n) is 6.01. The zero-order valence-electron chi connectivity index (χ0n) is 15.5. The number of hydrogen-bond donors (Lipinski definition) is 2. The van der Waals surface area contributed by atoms with Gasteiger partial charge in [-0.25, -0.2) is 4.79 Å². The smallest absolute Gasteiger partial charge is 0.335 e. The molecule has 1 amide bonds. The number of amides is 1. The van der Waals surface area contributed by atoms with Crippen LogP contribution in [-0.2, 0) is 4.79 Å². The number of carboxylic acids is 1. The number of nitriles is 1. The van der Waals surface area contributed by atoms with E-state index < -0.39 is 11.9 Å². The first-order valence-corrected chi connectivity index (χ1v) is 8.60. The van der Waals surface area contributed by atoms with Gasteiger partial charge in [0.25, 0.3) is 5.91 Å². The molecule has 0 aliphatic rings. The fraction of sp³-hybridized carbons (Fsp3) is 0.0455. The largest absolute Gasteiger partial charge is 0.497 e. The standard InChI is InChI=1S/C22H17N3O4/c1-29-20-9-7-17(8-10-20)24-21(26)16(14-23)13-19-6-3-11-25(19)18-5-2-4-15(12-18)22(27)28/h2-13H,1H3,(H,24,26)(H,27,28). The summed E-state index contributed by atoms with van der Waals surface area (Å²) < 4.78 is 6.77. The third-order valence-corrected chi connectivity index (χ3v) is 4.16. The molecule has 0 saturated heterocycles. The van der Waals surface area contributed by atoms with Gasteiger partial charge in [0.05, 0.1) is 12.7 Å². The molecule has 0 bridgehead atoms. The van der Waals surface area contributed by atoms with E-state index in [-0.39, 0.29) is 11.1 Å². The maximum absolute atomic E-state index is 12.5. The van der Waals surface area contributed by atoms with E-state index in [1.54, 1.807) is 66.4 Å². The van der Waals surface area contributed by atoms with E-state index in [9.17, 15) is 20.0 Å². The lowest BCUT2D eigenvalue weighted by molar-refractivity contribution is -0.112. The SMILES string of the molecule is COc1ccc(NC(=O)C(C#N)=Cc2cccn2-c2cccc(C(=O)O)c2)cc1. The zero-order valence-corrected chi connectivity index (χ0v) is 15.5. The summed E-state index contributed by atoms with van der Waals surface area (Å²) in [5.74, 6) is -0.933. The van der Waals surface area contributed by atoms with Gasteiger partial charge >= 0.3 is 5.97 Å². The maximum Gasteiger partial charge on any atom is 0.335 e. The van der Waals surface area contributed by atoms with E-state index in [0.717, 1.165) is 0 Å². The molecule has 3 aromatic rings. The summed E-state index contributed by atoms with van der Waals surface area (Å²) in [5, 5.41) is 21.3. The predicted molar refractivity (Wildman–Crippen MR) is 108 cm³/mol. The second-order valence-corrected chi connectivity index (χ2v) is 6.01. The van der Waals surface area contributed by atoms with Crippen LogP contribution in [0.5, 0.6) is 5.75 Å². The van der Waals surface area contributed by atoms with E-state index in [1.165, 1.54) is 18.2 Å². The maximum atomic E-state index is 12.5. The number of anilines is 1. The molecule has 1 heterocycles. The number of hydrogen-bond acceptors (Lipinski definition) is 4. The van der Waals surface area contributed by atoms with Gasteiger partial charge in [-0.05, 0) is 60.7 Å². The fourth-order valence-corrected chi connectivity index (χ4v) is 2.70. The summed E-state index contributed by atoms with van der Waals surface area (Å²) in [5.41, 5.74) is 1.75. The second kappa shape index (κ2) is 8.59. The van der Waals surface area contributed by atoms with E-state index in [2.05, 4.69) is 5.32 Å². The van der Waals surface area contributed by atoms with Crippen molar-refractivity contribution in [2.24, 2.45) is 0 Å². The van der Waals surface area contributed by atoms with Crippen LogP contribution in [0.1, 0.15) is 16.1 Å². The monoisotopic (exact) mass is 387 g/mol. The van der Waals surface area contributed by atoms with E-state index >= 15 is 0 Å². The molecular weight excluding hydrogens is 370 g/mol. The molecule has 1 aromatic heterocycles. The summed E-state index contributed by atoms with van der Waals surface area (Å²) in [6.45, 7) is 0. The summed E-state index contributed by atoms with van der Waals surface area (Å²) in [4.78, 5) is 23.7. The van der Waals surface area contributed by atoms with Crippen LogP contribution in [0, 0.1) is 11.3 Å². The molecule has 0 saturated carbocycles. The Morgan fingerprint density at radius 1 is 1.14 bits per heavy atom. The number of methoxy groups -OCH3 is 1. The van der Waals surface area contributed by atoms with Gasteiger partial charge in [0.1, 0.15) is 17.4 Å². The number of carbonyl (C=O) groups is 2. The number of nitrogens with zero attached hydrogens (tertiary/aromatic N) is 2. The van der Waals surface area contributed by atoms with Crippen LogP contribution in [-0.4, -0.2) is 28.7 Å². The Hall–Kier alpha value is -4.31. The third kappa shape index (κ3) is 4.51. The van der Waals surface area contributed by atoms with E-state index in [1.807, 2.05) is 6.07 Å². The molecule has 3 rings (SSSR count). The van der Waals surface area contributed by atoms with Gasteiger partial charge in [0, 0.05) is 23.3 Å². The number of benzene rings is 2. The Kier molecular flexibility index (Phi) is 5.76. The van der Waals surface area contributed by atoms with Gasteiger partial charge in [0.15, 0.2) is 0 Å². The molecule has 0 spiro atoms. The van der Waals surface area contributed by atoms with Crippen LogP contribution < -0.4 is 10.1 Å². The minimum absolute atomic E-state index is 0.0878. The van der Waals surface area contributed by atoms with Crippen molar-refractivity contribution in [3.63, 3.8) is 0 Å². The molecule has 0 aliphatic carbocycles. The number of carboxylic acid groups (broad SMARTS) is 1. The van der Waals surface area contributed by atoms with Crippen molar-refractivity contribution in [3.8, 4) is 17.5 Å². The topological polar surface area (TPSA) is 104 Å². The Morgan fingerprint density at radius 2 is 1.90 bits per heavy atom. The minimum atomic E-state index is -1.03. The van der Waals surface area contributed by atoms with Crippen molar-refractivity contribution < 1.29 is 19.4 Å². The summed E-state index contributed by atoms with van der Waals surface area (Å²) >= 11 is 0. The summed E-state index contributed by atoms with van der Waals surface area (Å²) in [6.07, 6.45) is 3.18. The number of carbonyl (C=O) groups excluding carboxylic acids is 1. The first kappa shape index (κ1) is 19.5. The number of aromatic carboxylic acids is 1. The summed E-state index contributed by atoms with van der Waals surface area (Å²) in [6, 6.07) is 18.5. The quantitative estimate of drug-likeness (QED) is 0.495. The van der Waals surface area contributed by atoms with Gasteiger partial charge in [0.2, 0.25) is 0 Å². The zero-order chi connectivity index (χ0) is 20.8. The van der Waals surface area contributed by atoms with Gasteiger partial charge in [-0.2, -0.15) is 5.26 Å². The lowest BCUT2D eigenvalue weighted by Gasteiger charge is -2.09. The fourth-order valence-electron chi connectivity index (χ4n) is 2.70. The molecule has 0 fully saturated rings. The number of nitrogens with one attached hydrogen (secondary N) is 1. The summed E-state index contributed by atoms with van der Waals surface area (Å²) in [7, 11) is 1.55. The molecule has 2 aromatic carbocycles. The molecule has 7 heteroatoms. The Morgan fingerprint density at radius 3 is 2.55 bits per heavy atom. The molecule has 0 radical (unpaired) electrons. The van der Waals surface area contributed by atoms with Crippen molar-refractivity contribution in [2.75, 3.05) is 12.4 Å². The molecule has 0 atom stereocenters. The highest BCUT2D eigenvalue weighted by molar-refractivity contribution is 6.09. The van der Waals surface area contributed by atoms with Crippen molar-refractivity contribution in [1.82, 2.24) is 4.57 Å². The van der Waals surface area contributed by atoms with Crippen LogP contribution in [0.25, 0.3) is 11.8 Å². The van der Waals surface area contributed by atoms with Crippen molar-refractivity contribution in [2.45, 2.75) is 0 Å². The predicted octanol–water partition coefficient (Wildman–Crippen LogP) is 3.73. The Balaban J connectivity index is 1.87. The highest BCUT2D eigenvalue weighted by atomic mass is 16.5. The average Bonchev–Trinajstić information content (AvgIpc) is 3.20. The molecule has 7 nitrogen and oxygen atoms in total. The number of aromatic nitrogens is 1. The Bertz CT molecular complexity index is 1120. The van der Waals surface area contributed by atoms with Gasteiger partial charge in [-0.1, -0.05) is 6.07 Å². The van der Waals surface area contributed by atoms with Crippen LogP contribution in [0.4, 0.5) is 5.69 Å². The first-order valence-electron chi connectivity index (χ1n) is 8.60. The molecule has 2 N–H and O–H groups in total. The Labute approximate surface area is 167 Å². The highest BCUT2D eigenvalue weighted by Crippen LogP contribution is 2.19.